The van der Waals surface area contributed by atoms with Crippen LogP contribution < -0.4 is 0 Å². The number of aromatic nitrogens is 3. The van der Waals surface area contributed by atoms with Crippen molar-refractivity contribution >= 4 is 54.6 Å². The largest absolute Gasteiger partial charge is 0.439 e. The zero-order chi connectivity index (χ0) is 33.8. The number of rotatable bonds is 3. The van der Waals surface area contributed by atoms with E-state index in [1.54, 1.807) is 0 Å². The summed E-state index contributed by atoms with van der Waals surface area (Å²) < 4.78 is 8.95. The Hall–Kier alpha value is -6.52. The van der Waals surface area contributed by atoms with Gasteiger partial charge in [-0.3, -0.25) is 4.57 Å². The molecule has 0 spiro atoms. The molecule has 0 amide bonds. The van der Waals surface area contributed by atoms with Crippen molar-refractivity contribution in [1.29, 1.82) is 0 Å². The Bertz CT molecular complexity index is 3070. The molecule has 0 aliphatic carbocycles. The molecule has 4 nitrogen and oxygen atoms in total. The summed E-state index contributed by atoms with van der Waals surface area (Å²) >= 11 is 0. The van der Waals surface area contributed by atoms with Gasteiger partial charge in [0.2, 0.25) is 5.71 Å². The molecule has 240 valence electrons. The SMILES string of the molecule is CC1(C)c2cc(-c3cccc(-c4nc(-c5cccc6ccccc56)nc5ccccc45)c3)ccc2-n2c3oc4ccccc4c3c3cccc1c32. The molecule has 1 aliphatic rings. The van der Waals surface area contributed by atoms with Gasteiger partial charge in [0, 0.05) is 32.7 Å². The molecular formula is C47H31N3O. The van der Waals surface area contributed by atoms with E-state index in [0.29, 0.717) is 0 Å². The molecule has 0 saturated carbocycles. The summed E-state index contributed by atoms with van der Waals surface area (Å²) in [6.07, 6.45) is 0. The van der Waals surface area contributed by atoms with Crippen molar-refractivity contribution in [2.24, 2.45) is 0 Å². The van der Waals surface area contributed by atoms with Crippen LogP contribution in [0.4, 0.5) is 0 Å². The van der Waals surface area contributed by atoms with Crippen molar-refractivity contribution in [3.8, 4) is 39.5 Å². The molecule has 7 aromatic carbocycles. The number of nitrogens with zero attached hydrogens (tertiary/aromatic N) is 3. The second-order valence-electron chi connectivity index (χ2n) is 14.2. The highest BCUT2D eigenvalue weighted by atomic mass is 16.3. The second-order valence-corrected chi connectivity index (χ2v) is 14.2. The average Bonchev–Trinajstić information content (AvgIpc) is 3.71. The summed E-state index contributed by atoms with van der Waals surface area (Å²) in [6, 6.07) is 53.9. The molecule has 0 unspecified atom stereocenters. The van der Waals surface area contributed by atoms with Crippen LogP contribution in [0.25, 0.3) is 94.1 Å². The van der Waals surface area contributed by atoms with E-state index in [1.165, 1.54) is 44.1 Å². The number of furan rings is 1. The fourth-order valence-corrected chi connectivity index (χ4v) is 8.51. The van der Waals surface area contributed by atoms with Gasteiger partial charge in [-0.15, -0.1) is 0 Å². The quantitative estimate of drug-likeness (QED) is 0.191. The smallest absolute Gasteiger partial charge is 0.213 e. The second kappa shape index (κ2) is 10.3. The Morgan fingerprint density at radius 3 is 2.18 bits per heavy atom. The molecule has 4 heterocycles. The van der Waals surface area contributed by atoms with Gasteiger partial charge in [0.05, 0.1) is 27.8 Å². The predicted molar refractivity (Wildman–Crippen MR) is 210 cm³/mol. The summed E-state index contributed by atoms with van der Waals surface area (Å²) in [5.74, 6) is 0.732. The third-order valence-corrected chi connectivity index (χ3v) is 11.0. The number of hydrogen-bond donors (Lipinski definition) is 0. The number of fused-ring (bicyclic) bond motifs is 9. The van der Waals surface area contributed by atoms with Gasteiger partial charge < -0.3 is 4.42 Å². The first-order valence-corrected chi connectivity index (χ1v) is 17.5. The van der Waals surface area contributed by atoms with Gasteiger partial charge in [0.25, 0.3) is 0 Å². The Kier molecular flexibility index (Phi) is 5.70. The van der Waals surface area contributed by atoms with E-state index < -0.39 is 0 Å². The fraction of sp³-hybridized carbons (Fsp3) is 0.0638. The zero-order valence-corrected chi connectivity index (χ0v) is 28.2. The first kappa shape index (κ1) is 28.3. The predicted octanol–water partition coefficient (Wildman–Crippen LogP) is 12.3. The monoisotopic (exact) mass is 653 g/mol. The molecule has 11 rings (SSSR count). The van der Waals surface area contributed by atoms with Crippen LogP contribution in [0.1, 0.15) is 25.0 Å². The van der Waals surface area contributed by atoms with Gasteiger partial charge in [0.15, 0.2) is 5.82 Å². The molecule has 4 heteroatoms. The minimum Gasteiger partial charge on any atom is -0.439 e. The van der Waals surface area contributed by atoms with E-state index in [9.17, 15) is 0 Å². The maximum absolute atomic E-state index is 6.60. The molecule has 0 saturated heterocycles. The van der Waals surface area contributed by atoms with Gasteiger partial charge in [-0.25, -0.2) is 9.97 Å². The van der Waals surface area contributed by atoms with E-state index in [0.717, 1.165) is 61.2 Å². The van der Waals surface area contributed by atoms with Crippen molar-refractivity contribution < 1.29 is 4.42 Å². The van der Waals surface area contributed by atoms with Crippen LogP contribution in [0.5, 0.6) is 0 Å². The molecular weight excluding hydrogens is 623 g/mol. The summed E-state index contributed by atoms with van der Waals surface area (Å²) in [5.41, 5.74) is 12.8. The van der Waals surface area contributed by atoms with Crippen LogP contribution >= 0.6 is 0 Å². The highest BCUT2D eigenvalue weighted by Gasteiger charge is 2.36. The first-order chi connectivity index (χ1) is 25.0. The Labute approximate surface area is 294 Å². The molecule has 51 heavy (non-hydrogen) atoms. The lowest BCUT2D eigenvalue weighted by Gasteiger charge is -2.34. The zero-order valence-electron chi connectivity index (χ0n) is 28.2. The van der Waals surface area contributed by atoms with Crippen LogP contribution in [-0.2, 0) is 5.41 Å². The molecule has 10 aromatic rings. The Morgan fingerprint density at radius 1 is 0.549 bits per heavy atom. The molecule has 0 bridgehead atoms. The lowest BCUT2D eigenvalue weighted by molar-refractivity contribution is 0.612. The van der Waals surface area contributed by atoms with Crippen molar-refractivity contribution in [2.45, 2.75) is 19.3 Å². The van der Waals surface area contributed by atoms with Crippen molar-refractivity contribution in [3.63, 3.8) is 0 Å². The van der Waals surface area contributed by atoms with Crippen LogP contribution in [0.15, 0.2) is 156 Å². The number of para-hydroxylation sites is 3. The maximum Gasteiger partial charge on any atom is 0.213 e. The average molecular weight is 654 g/mol. The Morgan fingerprint density at radius 2 is 1.25 bits per heavy atom. The third kappa shape index (κ3) is 3.96. The lowest BCUT2D eigenvalue weighted by Crippen LogP contribution is -2.26. The van der Waals surface area contributed by atoms with Gasteiger partial charge >= 0.3 is 0 Å². The summed E-state index contributed by atoms with van der Waals surface area (Å²) in [6.45, 7) is 4.69. The normalized spacial score (nSPS) is 13.5. The molecule has 0 atom stereocenters. The lowest BCUT2D eigenvalue weighted by atomic mass is 9.74. The summed E-state index contributed by atoms with van der Waals surface area (Å²) in [5, 5.41) is 6.94. The molecule has 1 aliphatic heterocycles. The van der Waals surface area contributed by atoms with Gasteiger partial charge in [-0.2, -0.15) is 0 Å². The molecule has 0 N–H and O–H groups in total. The van der Waals surface area contributed by atoms with Crippen molar-refractivity contribution in [1.82, 2.24) is 14.5 Å². The Balaban J connectivity index is 1.09. The van der Waals surface area contributed by atoms with Gasteiger partial charge in [-0.05, 0) is 63.4 Å². The van der Waals surface area contributed by atoms with Gasteiger partial charge in [0.1, 0.15) is 5.58 Å². The van der Waals surface area contributed by atoms with Crippen LogP contribution in [0.2, 0.25) is 0 Å². The van der Waals surface area contributed by atoms with E-state index >= 15 is 0 Å². The van der Waals surface area contributed by atoms with Crippen LogP contribution in [0, 0.1) is 0 Å². The van der Waals surface area contributed by atoms with E-state index in [1.807, 2.05) is 12.1 Å². The minimum atomic E-state index is -0.222. The topological polar surface area (TPSA) is 43.9 Å². The van der Waals surface area contributed by atoms with Crippen LogP contribution in [-0.4, -0.2) is 14.5 Å². The van der Waals surface area contributed by atoms with Crippen LogP contribution in [0.3, 0.4) is 0 Å². The maximum atomic E-state index is 6.60. The van der Waals surface area contributed by atoms with Gasteiger partial charge in [-0.1, -0.05) is 135 Å². The molecule has 0 fully saturated rings. The van der Waals surface area contributed by atoms with Crippen molar-refractivity contribution in [3.05, 3.63) is 163 Å². The summed E-state index contributed by atoms with van der Waals surface area (Å²) in [4.78, 5) is 10.4. The third-order valence-electron chi connectivity index (χ3n) is 11.0. The standard InChI is InChI=1S/C47H31N3O/c1-47(2)37-21-11-20-36-42-35-18-6-8-23-41(35)51-46(42)50(44(36)37)40-25-24-30(27-38(40)47)29-14-9-15-31(26-29)43-34-17-5-7-22-39(34)48-45(49-43)33-19-10-13-28-12-3-4-16-32(28)33/h3-27H,1-2H3. The number of hydrogen-bond acceptors (Lipinski definition) is 3. The molecule has 0 radical (unpaired) electrons. The van der Waals surface area contributed by atoms with Crippen molar-refractivity contribution in [2.75, 3.05) is 0 Å². The van der Waals surface area contributed by atoms with E-state index in [-0.39, 0.29) is 5.41 Å². The highest BCUT2D eigenvalue weighted by molar-refractivity contribution is 6.21. The fourth-order valence-electron chi connectivity index (χ4n) is 8.51. The highest BCUT2D eigenvalue weighted by Crippen LogP contribution is 2.50. The van der Waals surface area contributed by atoms with E-state index in [2.05, 4.69) is 158 Å². The molecule has 3 aromatic heterocycles. The van der Waals surface area contributed by atoms with E-state index in [4.69, 9.17) is 14.4 Å². The number of benzene rings is 7. The first-order valence-electron chi connectivity index (χ1n) is 17.5. The summed E-state index contributed by atoms with van der Waals surface area (Å²) in [7, 11) is 0. The minimum absolute atomic E-state index is 0.222.